The van der Waals surface area contributed by atoms with E-state index in [0.29, 0.717) is 0 Å². The predicted molar refractivity (Wildman–Crippen MR) is 58.7 cm³/mol. The lowest BCUT2D eigenvalue weighted by atomic mass is 10.1. The Morgan fingerprint density at radius 1 is 1.08 bits per heavy atom. The van der Waals surface area contributed by atoms with Crippen LogP contribution in [0.3, 0.4) is 0 Å². The van der Waals surface area contributed by atoms with Gasteiger partial charge in [-0.25, -0.2) is 0 Å². The van der Waals surface area contributed by atoms with E-state index in [1.54, 1.807) is 0 Å². The van der Waals surface area contributed by atoms with Crippen molar-refractivity contribution in [1.29, 1.82) is 0 Å². The van der Waals surface area contributed by atoms with E-state index in [1.165, 1.54) is 12.0 Å². The fraction of sp³-hybridized carbons (Fsp3) is 0.385. The molecule has 0 amide bonds. The van der Waals surface area contributed by atoms with Gasteiger partial charge in [-0.3, -0.25) is 0 Å². The maximum absolute atomic E-state index is 2.28. The van der Waals surface area contributed by atoms with Gasteiger partial charge in [0.1, 0.15) is 0 Å². The van der Waals surface area contributed by atoms with Crippen LogP contribution in [-0.4, -0.2) is 0 Å². The zero-order valence-corrected chi connectivity index (χ0v) is 8.53. The fourth-order valence-corrected chi connectivity index (χ4v) is 1.20. The highest BCUT2D eigenvalue weighted by molar-refractivity contribution is 5.17. The quantitative estimate of drug-likeness (QED) is 0.608. The molecular weight excluding hydrogens is 156 g/mol. The van der Waals surface area contributed by atoms with Crippen molar-refractivity contribution in [2.45, 2.75) is 26.7 Å². The Balaban J connectivity index is 2.31. The van der Waals surface area contributed by atoms with Gasteiger partial charge < -0.3 is 0 Å². The van der Waals surface area contributed by atoms with Crippen molar-refractivity contribution in [2.75, 3.05) is 0 Å². The molecule has 0 heteroatoms. The van der Waals surface area contributed by atoms with Crippen LogP contribution in [0.5, 0.6) is 0 Å². The Hall–Kier alpha value is -1.04. The minimum Gasteiger partial charge on any atom is -0.0880 e. The molecule has 0 heterocycles. The first-order valence-corrected chi connectivity index (χ1v) is 4.98. The van der Waals surface area contributed by atoms with E-state index < -0.39 is 0 Å². The average Bonchev–Trinajstić information content (AvgIpc) is 2.14. The molecule has 70 valence electrons. The van der Waals surface area contributed by atoms with Crippen LogP contribution in [0.15, 0.2) is 42.5 Å². The Labute approximate surface area is 81.3 Å². The lowest BCUT2D eigenvalue weighted by Crippen LogP contribution is -1.83. The monoisotopic (exact) mass is 174 g/mol. The summed E-state index contributed by atoms with van der Waals surface area (Å²) in [5, 5.41) is 0. The Kier molecular flexibility index (Phi) is 4.31. The van der Waals surface area contributed by atoms with Crippen molar-refractivity contribution in [3.8, 4) is 0 Å². The normalized spacial score (nSPS) is 11.3. The van der Waals surface area contributed by atoms with Crippen LogP contribution in [-0.2, 0) is 6.42 Å². The van der Waals surface area contributed by atoms with E-state index in [2.05, 4.69) is 56.3 Å². The molecule has 0 radical (unpaired) electrons. The molecule has 0 N–H and O–H groups in total. The molecule has 0 unspecified atom stereocenters. The number of hydrogen-bond donors (Lipinski definition) is 0. The first-order valence-electron chi connectivity index (χ1n) is 4.98. The van der Waals surface area contributed by atoms with Gasteiger partial charge in [-0.2, -0.15) is 0 Å². The van der Waals surface area contributed by atoms with Crippen LogP contribution in [0.4, 0.5) is 0 Å². The molecule has 0 saturated carbocycles. The maximum atomic E-state index is 2.28. The molecule has 0 aliphatic carbocycles. The smallest absolute Gasteiger partial charge is 0.00975 e. The van der Waals surface area contributed by atoms with Gasteiger partial charge >= 0.3 is 0 Å². The minimum absolute atomic E-state index is 0.770. The predicted octanol–water partition coefficient (Wildman–Crippen LogP) is 3.83. The summed E-state index contributed by atoms with van der Waals surface area (Å²) >= 11 is 0. The Morgan fingerprint density at radius 3 is 2.38 bits per heavy atom. The van der Waals surface area contributed by atoms with Gasteiger partial charge in [-0.1, -0.05) is 56.3 Å². The van der Waals surface area contributed by atoms with Crippen molar-refractivity contribution in [3.63, 3.8) is 0 Å². The number of rotatable bonds is 4. The number of hydrogen-bond acceptors (Lipinski definition) is 0. The molecule has 13 heavy (non-hydrogen) atoms. The molecule has 0 spiro atoms. The van der Waals surface area contributed by atoms with E-state index in [9.17, 15) is 0 Å². The van der Waals surface area contributed by atoms with E-state index in [0.717, 1.165) is 12.3 Å². The molecule has 0 aliphatic heterocycles. The van der Waals surface area contributed by atoms with E-state index >= 15 is 0 Å². The standard InChI is InChI=1S/C13H18/c1-12(2)8-6-7-11-13-9-4-3-5-10-13/h3-7,9-10,12H,8,11H2,1-2H3/b7-6-. The third-order valence-corrected chi connectivity index (χ3v) is 1.97. The summed E-state index contributed by atoms with van der Waals surface area (Å²) in [5.74, 6) is 0.770. The van der Waals surface area contributed by atoms with Crippen LogP contribution < -0.4 is 0 Å². The van der Waals surface area contributed by atoms with Crippen molar-refractivity contribution >= 4 is 0 Å². The Morgan fingerprint density at radius 2 is 1.77 bits per heavy atom. The average molecular weight is 174 g/mol. The third-order valence-electron chi connectivity index (χ3n) is 1.97. The van der Waals surface area contributed by atoms with Gasteiger partial charge in [0, 0.05) is 0 Å². The fourth-order valence-electron chi connectivity index (χ4n) is 1.20. The van der Waals surface area contributed by atoms with Gasteiger partial charge in [0.15, 0.2) is 0 Å². The zero-order valence-electron chi connectivity index (χ0n) is 8.53. The van der Waals surface area contributed by atoms with Crippen molar-refractivity contribution in [3.05, 3.63) is 48.0 Å². The van der Waals surface area contributed by atoms with Gasteiger partial charge in [0.05, 0.1) is 0 Å². The third kappa shape index (κ3) is 4.51. The topological polar surface area (TPSA) is 0 Å². The molecule has 0 atom stereocenters. The van der Waals surface area contributed by atoms with Gasteiger partial charge in [-0.05, 0) is 24.3 Å². The SMILES string of the molecule is CC(C)C/C=C\Cc1ccccc1. The van der Waals surface area contributed by atoms with Crippen LogP contribution in [0.1, 0.15) is 25.8 Å². The zero-order chi connectivity index (χ0) is 9.52. The lowest BCUT2D eigenvalue weighted by molar-refractivity contribution is 0.663. The van der Waals surface area contributed by atoms with Gasteiger partial charge in [0.25, 0.3) is 0 Å². The van der Waals surface area contributed by atoms with Crippen molar-refractivity contribution in [1.82, 2.24) is 0 Å². The summed E-state index contributed by atoms with van der Waals surface area (Å²) < 4.78 is 0. The molecule has 0 aliphatic rings. The number of benzene rings is 1. The molecule has 1 rings (SSSR count). The van der Waals surface area contributed by atoms with Crippen molar-refractivity contribution < 1.29 is 0 Å². The van der Waals surface area contributed by atoms with Gasteiger partial charge in [0.2, 0.25) is 0 Å². The summed E-state index contributed by atoms with van der Waals surface area (Å²) in [7, 11) is 0. The first kappa shape index (κ1) is 10.0. The summed E-state index contributed by atoms with van der Waals surface area (Å²) in [6, 6.07) is 10.6. The second-order valence-electron chi connectivity index (χ2n) is 3.79. The van der Waals surface area contributed by atoms with Gasteiger partial charge in [-0.15, -0.1) is 0 Å². The summed E-state index contributed by atoms with van der Waals surface area (Å²) in [4.78, 5) is 0. The van der Waals surface area contributed by atoms with E-state index in [1.807, 2.05) is 0 Å². The minimum atomic E-state index is 0.770. The molecule has 0 fully saturated rings. The second-order valence-corrected chi connectivity index (χ2v) is 3.79. The molecule has 1 aromatic carbocycles. The lowest BCUT2D eigenvalue weighted by Gasteiger charge is -1.97. The van der Waals surface area contributed by atoms with Crippen LogP contribution >= 0.6 is 0 Å². The molecular formula is C13H18. The maximum Gasteiger partial charge on any atom is -0.00975 e. The van der Waals surface area contributed by atoms with Crippen LogP contribution in [0.2, 0.25) is 0 Å². The molecule has 0 aromatic heterocycles. The molecule has 0 bridgehead atoms. The van der Waals surface area contributed by atoms with Crippen molar-refractivity contribution in [2.24, 2.45) is 5.92 Å². The summed E-state index contributed by atoms with van der Waals surface area (Å²) in [6.45, 7) is 4.49. The summed E-state index contributed by atoms with van der Waals surface area (Å²) in [5.41, 5.74) is 1.39. The highest BCUT2D eigenvalue weighted by atomic mass is 13.9. The largest absolute Gasteiger partial charge is 0.0880 e. The Bertz CT molecular complexity index is 244. The molecule has 1 aromatic rings. The van der Waals surface area contributed by atoms with E-state index in [4.69, 9.17) is 0 Å². The number of allylic oxidation sites excluding steroid dienone is 2. The second kappa shape index (κ2) is 5.58. The van der Waals surface area contributed by atoms with E-state index in [-0.39, 0.29) is 0 Å². The summed E-state index contributed by atoms with van der Waals surface area (Å²) in [6.07, 6.45) is 6.79. The highest BCUT2D eigenvalue weighted by Gasteiger charge is 1.88. The molecule has 0 nitrogen and oxygen atoms in total. The first-order chi connectivity index (χ1) is 6.29. The van der Waals surface area contributed by atoms with Crippen LogP contribution in [0.25, 0.3) is 0 Å². The van der Waals surface area contributed by atoms with Crippen LogP contribution in [0, 0.1) is 5.92 Å². The highest BCUT2D eigenvalue weighted by Crippen LogP contribution is 2.03. The molecule has 0 saturated heterocycles.